The Kier molecular flexibility index (Phi) is 4.40. The SMILES string of the molecule is C=Cn1cc(CNC(c2ccccc2)C(C)(C)C)cn1. The fourth-order valence-electron chi connectivity index (χ4n) is 2.36. The van der Waals surface area contributed by atoms with Gasteiger partial charge in [0.1, 0.15) is 0 Å². The third-order valence-electron chi connectivity index (χ3n) is 3.35. The molecule has 106 valence electrons. The number of hydrogen-bond acceptors (Lipinski definition) is 2. The van der Waals surface area contributed by atoms with E-state index in [0.29, 0.717) is 6.04 Å². The lowest BCUT2D eigenvalue weighted by molar-refractivity contribution is 0.271. The van der Waals surface area contributed by atoms with E-state index in [1.165, 1.54) is 5.56 Å². The van der Waals surface area contributed by atoms with Gasteiger partial charge in [0.05, 0.1) is 6.20 Å². The van der Waals surface area contributed by atoms with Crippen molar-refractivity contribution in [3.05, 3.63) is 60.4 Å². The Hall–Kier alpha value is -1.87. The van der Waals surface area contributed by atoms with Crippen LogP contribution < -0.4 is 5.32 Å². The molecule has 1 N–H and O–H groups in total. The fraction of sp³-hybridized carbons (Fsp3) is 0.353. The van der Waals surface area contributed by atoms with Gasteiger partial charge < -0.3 is 5.32 Å². The topological polar surface area (TPSA) is 29.9 Å². The quantitative estimate of drug-likeness (QED) is 0.893. The molecule has 1 aromatic carbocycles. The highest BCUT2D eigenvalue weighted by Crippen LogP contribution is 2.32. The molecule has 3 heteroatoms. The minimum Gasteiger partial charge on any atom is -0.305 e. The van der Waals surface area contributed by atoms with Crippen molar-refractivity contribution in [2.75, 3.05) is 0 Å². The smallest absolute Gasteiger partial charge is 0.0538 e. The van der Waals surface area contributed by atoms with Gasteiger partial charge in [0.15, 0.2) is 0 Å². The van der Waals surface area contributed by atoms with Crippen LogP contribution in [0.25, 0.3) is 6.20 Å². The molecule has 0 aliphatic carbocycles. The Bertz CT molecular complexity index is 549. The van der Waals surface area contributed by atoms with Crippen molar-refractivity contribution in [2.24, 2.45) is 5.41 Å². The summed E-state index contributed by atoms with van der Waals surface area (Å²) in [5.41, 5.74) is 2.63. The second kappa shape index (κ2) is 6.06. The van der Waals surface area contributed by atoms with Gasteiger partial charge in [0.2, 0.25) is 0 Å². The van der Waals surface area contributed by atoms with Crippen LogP contribution in [0.1, 0.15) is 37.9 Å². The van der Waals surface area contributed by atoms with E-state index in [4.69, 9.17) is 0 Å². The Morgan fingerprint density at radius 3 is 2.55 bits per heavy atom. The zero-order chi connectivity index (χ0) is 14.6. The first-order chi connectivity index (χ1) is 9.50. The molecule has 2 rings (SSSR count). The third-order valence-corrected chi connectivity index (χ3v) is 3.35. The van der Waals surface area contributed by atoms with Crippen molar-refractivity contribution >= 4 is 6.20 Å². The lowest BCUT2D eigenvalue weighted by Crippen LogP contribution is -2.31. The minimum atomic E-state index is 0.149. The Morgan fingerprint density at radius 1 is 1.30 bits per heavy atom. The molecule has 3 nitrogen and oxygen atoms in total. The fourth-order valence-corrected chi connectivity index (χ4v) is 2.36. The van der Waals surface area contributed by atoms with Gasteiger partial charge in [-0.3, -0.25) is 0 Å². The zero-order valence-electron chi connectivity index (χ0n) is 12.5. The second-order valence-corrected chi connectivity index (χ2v) is 6.10. The maximum Gasteiger partial charge on any atom is 0.0538 e. The molecule has 0 bridgehead atoms. The van der Waals surface area contributed by atoms with E-state index in [-0.39, 0.29) is 5.41 Å². The minimum absolute atomic E-state index is 0.149. The van der Waals surface area contributed by atoms with Crippen molar-refractivity contribution in [2.45, 2.75) is 33.4 Å². The first-order valence-corrected chi connectivity index (χ1v) is 6.94. The van der Waals surface area contributed by atoms with Crippen molar-refractivity contribution in [3.63, 3.8) is 0 Å². The first-order valence-electron chi connectivity index (χ1n) is 6.94. The highest BCUT2D eigenvalue weighted by Gasteiger charge is 2.25. The summed E-state index contributed by atoms with van der Waals surface area (Å²) in [6.07, 6.45) is 5.56. The van der Waals surface area contributed by atoms with Crippen LogP contribution in [0.4, 0.5) is 0 Å². The summed E-state index contributed by atoms with van der Waals surface area (Å²) in [6, 6.07) is 10.9. The van der Waals surface area contributed by atoms with Gasteiger partial charge in [-0.15, -0.1) is 0 Å². The van der Waals surface area contributed by atoms with Gasteiger partial charge in [-0.2, -0.15) is 5.10 Å². The Labute approximate surface area is 121 Å². The number of hydrogen-bond donors (Lipinski definition) is 1. The second-order valence-electron chi connectivity index (χ2n) is 6.10. The zero-order valence-corrected chi connectivity index (χ0v) is 12.5. The van der Waals surface area contributed by atoms with Crippen molar-refractivity contribution in [1.29, 1.82) is 0 Å². The summed E-state index contributed by atoms with van der Waals surface area (Å²) < 4.78 is 1.73. The maximum atomic E-state index is 4.21. The van der Waals surface area contributed by atoms with Crippen LogP contribution in [0.3, 0.4) is 0 Å². The van der Waals surface area contributed by atoms with Crippen LogP contribution in [0.5, 0.6) is 0 Å². The van der Waals surface area contributed by atoms with E-state index >= 15 is 0 Å². The van der Waals surface area contributed by atoms with Crippen LogP contribution in [0.15, 0.2) is 49.3 Å². The molecule has 1 atom stereocenters. The molecular formula is C17H23N3. The monoisotopic (exact) mass is 269 g/mol. The molecule has 1 heterocycles. The van der Waals surface area contributed by atoms with Gasteiger partial charge in [0.25, 0.3) is 0 Å². The molecule has 0 aliphatic heterocycles. The predicted molar refractivity (Wildman–Crippen MR) is 84.1 cm³/mol. The molecule has 1 aromatic heterocycles. The largest absolute Gasteiger partial charge is 0.305 e. The standard InChI is InChI=1S/C17H23N3/c1-5-20-13-14(12-19-20)11-18-16(17(2,3)4)15-9-7-6-8-10-15/h5-10,12-13,16,18H,1,11H2,2-4H3. The van der Waals surface area contributed by atoms with Gasteiger partial charge in [0, 0.05) is 30.5 Å². The molecule has 0 saturated carbocycles. The molecular weight excluding hydrogens is 246 g/mol. The normalized spacial score (nSPS) is 13.2. The van der Waals surface area contributed by atoms with E-state index in [9.17, 15) is 0 Å². The van der Waals surface area contributed by atoms with Gasteiger partial charge in [-0.25, -0.2) is 4.68 Å². The summed E-state index contributed by atoms with van der Waals surface area (Å²) in [5, 5.41) is 7.85. The van der Waals surface area contributed by atoms with Gasteiger partial charge in [-0.1, -0.05) is 57.7 Å². The van der Waals surface area contributed by atoms with Crippen molar-refractivity contribution < 1.29 is 0 Å². The van der Waals surface area contributed by atoms with E-state index in [0.717, 1.165) is 12.1 Å². The molecule has 1 unspecified atom stereocenters. The average molecular weight is 269 g/mol. The molecule has 0 radical (unpaired) electrons. The summed E-state index contributed by atoms with van der Waals surface area (Å²) in [5.74, 6) is 0. The number of benzene rings is 1. The van der Waals surface area contributed by atoms with Gasteiger partial charge >= 0.3 is 0 Å². The summed E-state index contributed by atoms with van der Waals surface area (Å²) >= 11 is 0. The van der Waals surface area contributed by atoms with E-state index in [1.54, 1.807) is 10.9 Å². The molecule has 2 aromatic rings. The molecule has 20 heavy (non-hydrogen) atoms. The van der Waals surface area contributed by atoms with Crippen molar-refractivity contribution in [1.82, 2.24) is 15.1 Å². The van der Waals surface area contributed by atoms with E-state index in [2.05, 4.69) is 68.1 Å². The molecule has 0 amide bonds. The van der Waals surface area contributed by atoms with Gasteiger partial charge in [-0.05, 0) is 11.0 Å². The first kappa shape index (κ1) is 14.5. The Balaban J connectivity index is 2.11. The summed E-state index contributed by atoms with van der Waals surface area (Å²) in [6.45, 7) is 11.3. The van der Waals surface area contributed by atoms with Crippen molar-refractivity contribution in [3.8, 4) is 0 Å². The predicted octanol–water partition coefficient (Wildman–Crippen LogP) is 3.86. The molecule has 0 fully saturated rings. The molecule has 0 spiro atoms. The lowest BCUT2D eigenvalue weighted by atomic mass is 9.82. The van der Waals surface area contributed by atoms with Crippen LogP contribution >= 0.6 is 0 Å². The summed E-state index contributed by atoms with van der Waals surface area (Å²) in [7, 11) is 0. The maximum absolute atomic E-state index is 4.21. The average Bonchev–Trinajstić information content (AvgIpc) is 2.87. The van der Waals surface area contributed by atoms with E-state index < -0.39 is 0 Å². The highest BCUT2D eigenvalue weighted by atomic mass is 15.2. The number of nitrogens with zero attached hydrogens (tertiary/aromatic N) is 2. The number of rotatable bonds is 5. The van der Waals surface area contributed by atoms with Crippen LogP contribution in [0.2, 0.25) is 0 Å². The molecule has 0 saturated heterocycles. The number of nitrogens with one attached hydrogen (secondary N) is 1. The number of aromatic nitrogens is 2. The van der Waals surface area contributed by atoms with Crippen LogP contribution in [-0.4, -0.2) is 9.78 Å². The van der Waals surface area contributed by atoms with Crippen LogP contribution in [-0.2, 0) is 6.54 Å². The lowest BCUT2D eigenvalue weighted by Gasteiger charge is -2.32. The van der Waals surface area contributed by atoms with E-state index in [1.807, 2.05) is 12.4 Å². The molecule has 0 aliphatic rings. The third kappa shape index (κ3) is 3.58. The van der Waals surface area contributed by atoms with Crippen LogP contribution in [0, 0.1) is 5.41 Å². The summed E-state index contributed by atoms with van der Waals surface area (Å²) in [4.78, 5) is 0. The highest BCUT2D eigenvalue weighted by molar-refractivity contribution is 5.22. The Morgan fingerprint density at radius 2 is 2.00 bits per heavy atom.